The van der Waals surface area contributed by atoms with Crippen LogP contribution in [0.2, 0.25) is 0 Å². The first-order valence-corrected chi connectivity index (χ1v) is 8.28. The number of amides is 2. The van der Waals surface area contributed by atoms with E-state index in [1.54, 1.807) is 17.0 Å². The minimum atomic E-state index is -0.624. The van der Waals surface area contributed by atoms with Crippen LogP contribution in [0.25, 0.3) is 0 Å². The van der Waals surface area contributed by atoms with Gasteiger partial charge in [-0.15, -0.1) is 11.8 Å². The summed E-state index contributed by atoms with van der Waals surface area (Å²) in [6.07, 6.45) is -0.237. The number of hydrogen-bond donors (Lipinski definition) is 1. The second-order valence-corrected chi connectivity index (χ2v) is 6.53. The van der Waals surface area contributed by atoms with Crippen molar-refractivity contribution in [3.63, 3.8) is 0 Å². The molecule has 118 valence electrons. The molecule has 1 aromatic carbocycles. The van der Waals surface area contributed by atoms with Gasteiger partial charge in [0.05, 0.1) is 23.8 Å². The number of halogens is 1. The fraction of sp³-hybridized carbons (Fsp3) is 0.467. The molecule has 0 unspecified atom stereocenters. The number of likely N-dealkylation sites (tertiary alicyclic amines) is 1. The summed E-state index contributed by atoms with van der Waals surface area (Å²) in [6.45, 7) is 0.236. The van der Waals surface area contributed by atoms with Crippen LogP contribution in [0.4, 0.5) is 4.39 Å². The van der Waals surface area contributed by atoms with E-state index in [2.05, 4.69) is 0 Å². The van der Waals surface area contributed by atoms with E-state index in [9.17, 15) is 19.1 Å². The van der Waals surface area contributed by atoms with Crippen molar-refractivity contribution in [2.45, 2.75) is 18.6 Å². The van der Waals surface area contributed by atoms with Gasteiger partial charge in [-0.1, -0.05) is 12.1 Å². The van der Waals surface area contributed by atoms with E-state index in [-0.39, 0.29) is 36.8 Å². The SMILES string of the molecule is O=C1CSCN1CC(=O)N1C[C@H](O)C[C@H]1c1cccc(F)c1. The van der Waals surface area contributed by atoms with Gasteiger partial charge in [-0.2, -0.15) is 0 Å². The third kappa shape index (κ3) is 3.10. The molecular formula is C15H17FN2O3S. The zero-order valence-corrected chi connectivity index (χ0v) is 12.8. The Morgan fingerprint density at radius 2 is 2.27 bits per heavy atom. The predicted octanol–water partition coefficient (Wildman–Crippen LogP) is 0.993. The average Bonchev–Trinajstić information content (AvgIpc) is 3.05. The zero-order chi connectivity index (χ0) is 15.7. The minimum Gasteiger partial charge on any atom is -0.391 e. The van der Waals surface area contributed by atoms with E-state index in [0.717, 1.165) is 0 Å². The molecule has 0 saturated carbocycles. The molecule has 22 heavy (non-hydrogen) atoms. The molecule has 1 N–H and O–H groups in total. The Kier molecular flexibility index (Phi) is 4.35. The van der Waals surface area contributed by atoms with Crippen molar-refractivity contribution >= 4 is 23.6 Å². The monoisotopic (exact) mass is 324 g/mol. The Bertz CT molecular complexity index is 598. The van der Waals surface area contributed by atoms with Gasteiger partial charge in [-0.25, -0.2) is 4.39 Å². The van der Waals surface area contributed by atoms with Gasteiger partial charge in [-0.05, 0) is 24.1 Å². The summed E-state index contributed by atoms with van der Waals surface area (Å²) in [5, 5.41) is 9.89. The fourth-order valence-electron chi connectivity index (χ4n) is 2.91. The number of carbonyl (C=O) groups is 2. The Balaban J connectivity index is 1.75. The molecule has 2 amide bonds. The van der Waals surface area contributed by atoms with E-state index in [1.807, 2.05) is 0 Å². The van der Waals surface area contributed by atoms with Gasteiger partial charge >= 0.3 is 0 Å². The highest BCUT2D eigenvalue weighted by atomic mass is 32.2. The molecule has 0 aromatic heterocycles. The second-order valence-electron chi connectivity index (χ2n) is 5.58. The molecule has 3 rings (SSSR count). The lowest BCUT2D eigenvalue weighted by Crippen LogP contribution is -2.41. The molecule has 2 fully saturated rings. The maximum absolute atomic E-state index is 13.4. The predicted molar refractivity (Wildman–Crippen MR) is 80.5 cm³/mol. The lowest BCUT2D eigenvalue weighted by atomic mass is 10.0. The summed E-state index contributed by atoms with van der Waals surface area (Å²) in [6, 6.07) is 5.74. The summed E-state index contributed by atoms with van der Waals surface area (Å²) in [7, 11) is 0. The second kappa shape index (κ2) is 6.26. The third-order valence-corrected chi connectivity index (χ3v) is 4.93. The number of aliphatic hydroxyl groups is 1. The molecule has 0 aliphatic carbocycles. The number of thioether (sulfide) groups is 1. The van der Waals surface area contributed by atoms with Crippen LogP contribution in [-0.4, -0.2) is 57.5 Å². The van der Waals surface area contributed by atoms with Crippen LogP contribution < -0.4 is 0 Å². The van der Waals surface area contributed by atoms with Crippen molar-refractivity contribution in [3.05, 3.63) is 35.6 Å². The summed E-state index contributed by atoms with van der Waals surface area (Å²) in [4.78, 5) is 27.2. The van der Waals surface area contributed by atoms with Gasteiger partial charge in [-0.3, -0.25) is 9.59 Å². The number of β-amino-alcohol motifs (C(OH)–C–C–N with tert-alkyl or cyclic N) is 1. The number of rotatable bonds is 3. The largest absolute Gasteiger partial charge is 0.391 e. The zero-order valence-electron chi connectivity index (χ0n) is 11.9. The summed E-state index contributed by atoms with van der Waals surface area (Å²) in [5.41, 5.74) is 0.673. The van der Waals surface area contributed by atoms with Crippen LogP contribution in [-0.2, 0) is 9.59 Å². The first-order chi connectivity index (χ1) is 10.5. The number of carbonyl (C=O) groups excluding carboxylic acids is 2. The molecule has 1 aromatic rings. The van der Waals surface area contributed by atoms with Crippen LogP contribution in [0.3, 0.4) is 0 Å². The molecule has 0 bridgehead atoms. The van der Waals surface area contributed by atoms with Crippen molar-refractivity contribution in [1.29, 1.82) is 0 Å². The van der Waals surface area contributed by atoms with Crippen molar-refractivity contribution < 1.29 is 19.1 Å². The highest BCUT2D eigenvalue weighted by Gasteiger charge is 2.36. The van der Waals surface area contributed by atoms with Crippen LogP contribution in [0.15, 0.2) is 24.3 Å². The number of aliphatic hydroxyl groups excluding tert-OH is 1. The first kappa shape index (κ1) is 15.3. The van der Waals surface area contributed by atoms with Gasteiger partial charge in [0.2, 0.25) is 11.8 Å². The number of benzene rings is 1. The normalized spacial score (nSPS) is 25.1. The topological polar surface area (TPSA) is 60.9 Å². The Morgan fingerprint density at radius 3 is 2.95 bits per heavy atom. The Hall–Kier alpha value is -1.60. The van der Waals surface area contributed by atoms with Crippen LogP contribution >= 0.6 is 11.8 Å². The van der Waals surface area contributed by atoms with E-state index >= 15 is 0 Å². The van der Waals surface area contributed by atoms with Crippen molar-refractivity contribution in [1.82, 2.24) is 9.80 Å². The van der Waals surface area contributed by atoms with E-state index in [1.165, 1.54) is 28.8 Å². The van der Waals surface area contributed by atoms with Gasteiger partial charge in [0.15, 0.2) is 0 Å². The van der Waals surface area contributed by atoms with Crippen molar-refractivity contribution in [3.8, 4) is 0 Å². The average molecular weight is 324 g/mol. The highest BCUT2D eigenvalue weighted by Crippen LogP contribution is 2.32. The number of hydrogen-bond acceptors (Lipinski definition) is 4. The van der Waals surface area contributed by atoms with Crippen molar-refractivity contribution in [2.24, 2.45) is 0 Å². The van der Waals surface area contributed by atoms with E-state index < -0.39 is 6.10 Å². The van der Waals surface area contributed by atoms with Gasteiger partial charge in [0.25, 0.3) is 0 Å². The van der Waals surface area contributed by atoms with Crippen LogP contribution in [0.1, 0.15) is 18.0 Å². The number of nitrogens with zero attached hydrogens (tertiary/aromatic N) is 2. The van der Waals surface area contributed by atoms with Crippen LogP contribution in [0.5, 0.6) is 0 Å². The van der Waals surface area contributed by atoms with Crippen LogP contribution in [0, 0.1) is 5.82 Å². The molecule has 5 nitrogen and oxygen atoms in total. The molecule has 2 saturated heterocycles. The van der Waals surface area contributed by atoms with Crippen molar-refractivity contribution in [2.75, 3.05) is 24.7 Å². The molecule has 2 aliphatic rings. The molecule has 2 aliphatic heterocycles. The maximum atomic E-state index is 13.4. The smallest absolute Gasteiger partial charge is 0.242 e. The first-order valence-electron chi connectivity index (χ1n) is 7.13. The minimum absolute atomic E-state index is 0.0182. The molecular weight excluding hydrogens is 307 g/mol. The third-order valence-electron chi connectivity index (χ3n) is 3.98. The summed E-state index contributed by atoms with van der Waals surface area (Å²) < 4.78 is 13.4. The quantitative estimate of drug-likeness (QED) is 0.901. The lowest BCUT2D eigenvalue weighted by molar-refractivity contribution is -0.138. The van der Waals surface area contributed by atoms with E-state index in [4.69, 9.17) is 0 Å². The summed E-state index contributed by atoms with van der Waals surface area (Å²) in [5.74, 6) is 0.314. The fourth-order valence-corrected chi connectivity index (χ4v) is 3.82. The van der Waals surface area contributed by atoms with E-state index in [0.29, 0.717) is 23.6 Å². The highest BCUT2D eigenvalue weighted by molar-refractivity contribution is 8.00. The van der Waals surface area contributed by atoms with Gasteiger partial charge in [0.1, 0.15) is 12.4 Å². The molecule has 0 radical (unpaired) electrons. The Labute approximate surface area is 132 Å². The molecule has 2 atom stereocenters. The standard InChI is InChI=1S/C15H17FN2O3S/c16-11-3-1-2-10(4-11)13-5-12(19)6-18(13)14(20)7-17-9-22-8-15(17)21/h1-4,12-13,19H,5-9H2/t12-,13+/m1/s1. The Morgan fingerprint density at radius 1 is 1.45 bits per heavy atom. The maximum Gasteiger partial charge on any atom is 0.242 e. The lowest BCUT2D eigenvalue weighted by Gasteiger charge is -2.27. The van der Waals surface area contributed by atoms with Gasteiger partial charge in [0, 0.05) is 6.54 Å². The van der Waals surface area contributed by atoms with Gasteiger partial charge < -0.3 is 14.9 Å². The molecule has 7 heteroatoms. The molecule has 2 heterocycles. The summed E-state index contributed by atoms with van der Waals surface area (Å²) >= 11 is 1.48. The molecule has 0 spiro atoms.